The third kappa shape index (κ3) is 6.71. The second-order valence-electron chi connectivity index (χ2n) is 6.16. The van der Waals surface area contributed by atoms with Gasteiger partial charge in [-0.3, -0.25) is 4.79 Å². The van der Waals surface area contributed by atoms with Crippen LogP contribution in [0, 0.1) is 0 Å². The Kier molecular flexibility index (Phi) is 8.49. The summed E-state index contributed by atoms with van der Waals surface area (Å²) in [7, 11) is 0. The Labute approximate surface area is 198 Å². The van der Waals surface area contributed by atoms with E-state index in [0.717, 1.165) is 0 Å². The molecule has 166 valence electrons. The van der Waals surface area contributed by atoms with Crippen LogP contribution in [0.4, 0.5) is 0 Å². The fraction of sp³-hybridized carbons (Fsp3) is 0.136. The van der Waals surface area contributed by atoms with E-state index in [0.29, 0.717) is 44.3 Å². The number of halogens is 2. The Balaban J connectivity index is 1.58. The van der Waals surface area contributed by atoms with Crippen molar-refractivity contribution in [3.05, 3.63) is 74.4 Å². The largest absolute Gasteiger partial charge is 0.490 e. The molecule has 0 radical (unpaired) electrons. The van der Waals surface area contributed by atoms with Crippen LogP contribution in [0.2, 0.25) is 10.0 Å². The summed E-state index contributed by atoms with van der Waals surface area (Å²) in [5.74, 6) is 0.0236. The summed E-state index contributed by atoms with van der Waals surface area (Å²) in [6.07, 6.45) is 1.43. The maximum atomic E-state index is 12.2. The Hall–Kier alpha value is -3.07. The Morgan fingerprint density at radius 1 is 1.06 bits per heavy atom. The van der Waals surface area contributed by atoms with Gasteiger partial charge in [-0.1, -0.05) is 29.3 Å². The lowest BCUT2D eigenvalue weighted by atomic mass is 10.2. The van der Waals surface area contributed by atoms with Crippen molar-refractivity contribution in [2.24, 2.45) is 5.10 Å². The summed E-state index contributed by atoms with van der Waals surface area (Å²) >= 11 is 13.2. The Morgan fingerprint density at radius 2 is 1.91 bits per heavy atom. The first-order valence-corrected chi connectivity index (χ1v) is 11.0. The Morgan fingerprint density at radius 3 is 2.66 bits per heavy atom. The molecule has 32 heavy (non-hydrogen) atoms. The van der Waals surface area contributed by atoms with Crippen LogP contribution in [0.5, 0.6) is 17.2 Å². The average Bonchev–Trinajstić information content (AvgIpc) is 3.31. The maximum Gasteiger partial charge on any atom is 0.353 e. The van der Waals surface area contributed by atoms with E-state index in [1.54, 1.807) is 47.8 Å². The molecule has 0 bridgehead atoms. The maximum absolute atomic E-state index is 12.2. The van der Waals surface area contributed by atoms with Crippen LogP contribution in [0.25, 0.3) is 0 Å². The normalized spacial score (nSPS) is 10.7. The van der Waals surface area contributed by atoms with Crippen molar-refractivity contribution < 1.29 is 23.8 Å². The molecule has 7 nitrogen and oxygen atoms in total. The molecule has 3 rings (SSSR count). The number of nitrogens with zero attached hydrogens (tertiary/aromatic N) is 1. The number of rotatable bonds is 9. The van der Waals surface area contributed by atoms with Crippen molar-refractivity contribution in [1.82, 2.24) is 5.43 Å². The molecule has 1 N–H and O–H groups in total. The fourth-order valence-electron chi connectivity index (χ4n) is 2.44. The lowest BCUT2D eigenvalue weighted by Gasteiger charge is -2.11. The molecule has 0 aliphatic carbocycles. The molecule has 0 aliphatic rings. The number of thiophene rings is 1. The van der Waals surface area contributed by atoms with Gasteiger partial charge in [0.25, 0.3) is 5.91 Å². The molecule has 10 heteroatoms. The van der Waals surface area contributed by atoms with Crippen molar-refractivity contribution >= 4 is 52.6 Å². The lowest BCUT2D eigenvalue weighted by Crippen LogP contribution is -2.24. The summed E-state index contributed by atoms with van der Waals surface area (Å²) in [6.45, 7) is 1.90. The zero-order valence-electron chi connectivity index (χ0n) is 16.8. The van der Waals surface area contributed by atoms with Gasteiger partial charge in [-0.2, -0.15) is 5.10 Å². The number of hydrogen-bond acceptors (Lipinski definition) is 7. The van der Waals surface area contributed by atoms with Crippen LogP contribution in [0.3, 0.4) is 0 Å². The summed E-state index contributed by atoms with van der Waals surface area (Å²) in [5.41, 5.74) is 2.99. The van der Waals surface area contributed by atoms with E-state index >= 15 is 0 Å². The zero-order chi connectivity index (χ0) is 22.9. The SMILES string of the molecule is CCOc1cc(/C=N/NC(=O)COc2cc(Cl)ccc2Cl)ccc1OC(=O)c1cccs1. The minimum atomic E-state index is -0.483. The molecule has 2 aromatic carbocycles. The van der Waals surface area contributed by atoms with Crippen LogP contribution >= 0.6 is 34.5 Å². The van der Waals surface area contributed by atoms with Crippen molar-refractivity contribution in [1.29, 1.82) is 0 Å². The number of carbonyl (C=O) groups excluding carboxylic acids is 2. The molecule has 3 aromatic rings. The second-order valence-corrected chi connectivity index (χ2v) is 7.95. The first kappa shape index (κ1) is 23.6. The Bertz CT molecular complexity index is 1120. The number of carbonyl (C=O) groups is 2. The molecule has 0 saturated carbocycles. The molecule has 0 unspecified atom stereocenters. The van der Waals surface area contributed by atoms with Crippen LogP contribution in [0.15, 0.2) is 59.0 Å². The predicted molar refractivity (Wildman–Crippen MR) is 125 cm³/mol. The standard InChI is InChI=1S/C22H18Cl2N2O5S/c1-2-29-19-10-14(5-8-17(19)31-22(28)20-4-3-9-32-20)12-25-26-21(27)13-30-18-11-15(23)6-7-16(18)24/h3-12H,2,13H2,1H3,(H,26,27)/b25-12+. The number of esters is 1. The predicted octanol–water partition coefficient (Wildman–Crippen LogP) is 5.20. The molecular weight excluding hydrogens is 475 g/mol. The van der Waals surface area contributed by atoms with Crippen LogP contribution in [-0.2, 0) is 4.79 Å². The summed E-state index contributed by atoms with van der Waals surface area (Å²) in [6, 6.07) is 13.1. The zero-order valence-corrected chi connectivity index (χ0v) is 19.2. The van der Waals surface area contributed by atoms with E-state index in [2.05, 4.69) is 10.5 Å². The van der Waals surface area contributed by atoms with Crippen LogP contribution < -0.4 is 19.6 Å². The summed E-state index contributed by atoms with van der Waals surface area (Å²) in [4.78, 5) is 24.6. The highest BCUT2D eigenvalue weighted by molar-refractivity contribution is 7.12. The smallest absolute Gasteiger partial charge is 0.353 e. The van der Waals surface area contributed by atoms with E-state index in [1.165, 1.54) is 23.6 Å². The second kappa shape index (κ2) is 11.5. The third-order valence-electron chi connectivity index (χ3n) is 3.85. The first-order chi connectivity index (χ1) is 15.5. The number of ether oxygens (including phenoxy) is 3. The molecule has 1 heterocycles. The molecule has 0 aliphatic heterocycles. The van der Waals surface area contributed by atoms with Gasteiger partial charge in [-0.25, -0.2) is 10.2 Å². The van der Waals surface area contributed by atoms with E-state index in [4.69, 9.17) is 37.4 Å². The van der Waals surface area contributed by atoms with Crippen molar-refractivity contribution in [3.63, 3.8) is 0 Å². The number of hydrogen-bond donors (Lipinski definition) is 1. The monoisotopic (exact) mass is 492 g/mol. The number of amides is 1. The van der Waals surface area contributed by atoms with Crippen LogP contribution in [0.1, 0.15) is 22.2 Å². The van der Waals surface area contributed by atoms with Gasteiger partial charge >= 0.3 is 5.97 Å². The summed E-state index contributed by atoms with van der Waals surface area (Å²) < 4.78 is 16.3. The van der Waals surface area contributed by atoms with Gasteiger partial charge < -0.3 is 14.2 Å². The van der Waals surface area contributed by atoms with Crippen molar-refractivity contribution in [2.45, 2.75) is 6.92 Å². The molecule has 1 aromatic heterocycles. The van der Waals surface area contributed by atoms with E-state index < -0.39 is 11.9 Å². The minimum Gasteiger partial charge on any atom is -0.490 e. The average molecular weight is 493 g/mol. The van der Waals surface area contributed by atoms with Gasteiger partial charge in [-0.15, -0.1) is 11.3 Å². The van der Waals surface area contributed by atoms with E-state index in [-0.39, 0.29) is 6.61 Å². The van der Waals surface area contributed by atoms with Crippen LogP contribution in [-0.4, -0.2) is 31.3 Å². The topological polar surface area (TPSA) is 86.2 Å². The third-order valence-corrected chi connectivity index (χ3v) is 5.24. The molecule has 0 atom stereocenters. The van der Waals surface area contributed by atoms with Crippen molar-refractivity contribution in [2.75, 3.05) is 13.2 Å². The molecule has 0 saturated heterocycles. The molecular formula is C22H18Cl2N2O5S. The van der Waals surface area contributed by atoms with E-state index in [9.17, 15) is 9.59 Å². The molecule has 1 amide bonds. The van der Waals surface area contributed by atoms with Gasteiger partial charge in [0, 0.05) is 11.1 Å². The highest BCUT2D eigenvalue weighted by Gasteiger charge is 2.14. The van der Waals surface area contributed by atoms with E-state index in [1.807, 2.05) is 6.92 Å². The van der Waals surface area contributed by atoms with Gasteiger partial charge in [0.05, 0.1) is 17.8 Å². The minimum absolute atomic E-state index is 0.290. The number of benzene rings is 2. The quantitative estimate of drug-likeness (QED) is 0.192. The fourth-order valence-corrected chi connectivity index (χ4v) is 3.38. The first-order valence-electron chi connectivity index (χ1n) is 9.38. The molecule has 0 fully saturated rings. The van der Waals surface area contributed by atoms with Gasteiger partial charge in [0.2, 0.25) is 0 Å². The summed E-state index contributed by atoms with van der Waals surface area (Å²) in [5, 5.41) is 6.48. The number of nitrogens with one attached hydrogen (secondary N) is 1. The van der Waals surface area contributed by atoms with Gasteiger partial charge in [-0.05, 0) is 54.3 Å². The highest BCUT2D eigenvalue weighted by Crippen LogP contribution is 2.29. The van der Waals surface area contributed by atoms with Gasteiger partial charge in [0.1, 0.15) is 10.6 Å². The molecule has 0 spiro atoms. The highest BCUT2D eigenvalue weighted by atomic mass is 35.5. The lowest BCUT2D eigenvalue weighted by molar-refractivity contribution is -0.123. The number of hydrazone groups is 1. The van der Waals surface area contributed by atoms with Gasteiger partial charge in [0.15, 0.2) is 18.1 Å². The van der Waals surface area contributed by atoms with Crippen molar-refractivity contribution in [3.8, 4) is 17.2 Å².